The van der Waals surface area contributed by atoms with Crippen molar-refractivity contribution in [3.8, 4) is 0 Å². The Kier molecular flexibility index (Phi) is 4.34. The molecule has 0 spiro atoms. The summed E-state index contributed by atoms with van der Waals surface area (Å²) in [5.41, 5.74) is 1.05. The van der Waals surface area contributed by atoms with Gasteiger partial charge in [-0.2, -0.15) is 12.6 Å². The quantitative estimate of drug-likeness (QED) is 0.529. The van der Waals surface area contributed by atoms with Crippen molar-refractivity contribution < 1.29 is 15.3 Å². The maximum Gasteiger partial charge on any atom is 0.107 e. The van der Waals surface area contributed by atoms with E-state index in [-0.39, 0.29) is 12.4 Å². The second-order valence-electron chi connectivity index (χ2n) is 2.94. The molecule has 0 saturated carbocycles. The Morgan fingerprint density at radius 2 is 2.07 bits per heavy atom. The van der Waals surface area contributed by atoms with Crippen LogP contribution in [0.2, 0.25) is 0 Å². The summed E-state index contributed by atoms with van der Waals surface area (Å²) in [6.45, 7) is -0.133. The van der Waals surface area contributed by atoms with Crippen LogP contribution in [0.15, 0.2) is 18.3 Å². The number of aliphatic hydroxyl groups is 3. The van der Waals surface area contributed by atoms with Gasteiger partial charge in [-0.3, -0.25) is 4.98 Å². The molecule has 5 heteroatoms. The summed E-state index contributed by atoms with van der Waals surface area (Å²) < 4.78 is 0. The van der Waals surface area contributed by atoms with Gasteiger partial charge in [-0.25, -0.2) is 0 Å². The summed E-state index contributed by atoms with van der Waals surface area (Å²) in [5.74, 6) is 0.183. The molecular formula is C9H13NO3S. The van der Waals surface area contributed by atoms with Crippen LogP contribution in [0.3, 0.4) is 0 Å². The zero-order valence-electron chi connectivity index (χ0n) is 7.54. The van der Waals surface area contributed by atoms with Crippen LogP contribution >= 0.6 is 12.6 Å². The molecular weight excluding hydrogens is 202 g/mol. The van der Waals surface area contributed by atoms with Gasteiger partial charge < -0.3 is 15.3 Å². The van der Waals surface area contributed by atoms with Crippen molar-refractivity contribution >= 4 is 12.6 Å². The lowest BCUT2D eigenvalue weighted by Crippen LogP contribution is -2.19. The fraction of sp³-hybridized carbons (Fsp3) is 0.444. The molecule has 0 aliphatic heterocycles. The van der Waals surface area contributed by atoms with Crippen molar-refractivity contribution in [2.24, 2.45) is 0 Å². The average Bonchev–Trinajstić information content (AvgIpc) is 2.27. The van der Waals surface area contributed by atoms with E-state index in [1.54, 1.807) is 12.1 Å². The second kappa shape index (κ2) is 5.31. The van der Waals surface area contributed by atoms with Gasteiger partial charge in [0, 0.05) is 17.5 Å². The van der Waals surface area contributed by atoms with E-state index in [1.807, 2.05) is 0 Å². The normalized spacial score (nSPS) is 15.1. The van der Waals surface area contributed by atoms with Gasteiger partial charge in [-0.15, -0.1) is 0 Å². The SMILES string of the molecule is OCc1ccc(C(O)C(O)CS)cn1. The lowest BCUT2D eigenvalue weighted by Gasteiger charge is -2.15. The van der Waals surface area contributed by atoms with E-state index < -0.39 is 12.2 Å². The predicted octanol–water partition coefficient (Wildman–Crippen LogP) is -0.102. The summed E-state index contributed by atoms with van der Waals surface area (Å²) in [5, 5.41) is 27.6. The van der Waals surface area contributed by atoms with Crippen LogP contribution in [0.1, 0.15) is 17.4 Å². The molecule has 3 N–H and O–H groups in total. The molecule has 0 aromatic carbocycles. The smallest absolute Gasteiger partial charge is 0.107 e. The van der Waals surface area contributed by atoms with Crippen molar-refractivity contribution in [1.29, 1.82) is 0 Å². The van der Waals surface area contributed by atoms with Gasteiger partial charge in [0.15, 0.2) is 0 Å². The molecule has 14 heavy (non-hydrogen) atoms. The number of aromatic nitrogens is 1. The van der Waals surface area contributed by atoms with Gasteiger partial charge in [0.25, 0.3) is 0 Å². The zero-order valence-corrected chi connectivity index (χ0v) is 8.43. The van der Waals surface area contributed by atoms with Crippen LogP contribution in [0.25, 0.3) is 0 Å². The van der Waals surface area contributed by atoms with Gasteiger partial charge in [0.05, 0.1) is 18.4 Å². The van der Waals surface area contributed by atoms with Crippen molar-refractivity contribution in [2.45, 2.75) is 18.8 Å². The third-order valence-electron chi connectivity index (χ3n) is 1.90. The first-order valence-electron chi connectivity index (χ1n) is 4.21. The Morgan fingerprint density at radius 1 is 1.36 bits per heavy atom. The maximum atomic E-state index is 9.55. The summed E-state index contributed by atoms with van der Waals surface area (Å²) in [7, 11) is 0. The number of rotatable bonds is 4. The molecule has 0 aliphatic rings. The first-order chi connectivity index (χ1) is 6.69. The minimum atomic E-state index is -0.979. The van der Waals surface area contributed by atoms with Crippen LogP contribution in [0.4, 0.5) is 0 Å². The highest BCUT2D eigenvalue weighted by atomic mass is 32.1. The fourth-order valence-corrected chi connectivity index (χ4v) is 1.23. The monoisotopic (exact) mass is 215 g/mol. The molecule has 78 valence electrons. The Morgan fingerprint density at radius 3 is 2.50 bits per heavy atom. The summed E-state index contributed by atoms with van der Waals surface area (Å²) in [6, 6.07) is 3.22. The van der Waals surface area contributed by atoms with Gasteiger partial charge in [0.1, 0.15) is 6.10 Å². The highest BCUT2D eigenvalue weighted by Gasteiger charge is 2.16. The average molecular weight is 215 g/mol. The second-order valence-corrected chi connectivity index (χ2v) is 3.30. The highest BCUT2D eigenvalue weighted by Crippen LogP contribution is 2.16. The standard InChI is InChI=1S/C9H13NO3S/c11-4-7-2-1-6(3-10-7)9(13)8(12)5-14/h1-3,8-9,11-14H,4-5H2. The Bertz CT molecular complexity index is 278. The van der Waals surface area contributed by atoms with Crippen LogP contribution in [-0.2, 0) is 6.61 Å². The third-order valence-corrected chi connectivity index (χ3v) is 2.28. The zero-order chi connectivity index (χ0) is 10.6. The number of aliphatic hydroxyl groups excluding tert-OH is 3. The molecule has 0 amide bonds. The van der Waals surface area contributed by atoms with Gasteiger partial charge in [-0.05, 0) is 6.07 Å². The minimum absolute atomic E-state index is 0.133. The van der Waals surface area contributed by atoms with Gasteiger partial charge >= 0.3 is 0 Å². The first-order valence-corrected chi connectivity index (χ1v) is 4.85. The summed E-state index contributed by atoms with van der Waals surface area (Å²) >= 11 is 3.87. The molecule has 2 unspecified atom stereocenters. The van der Waals surface area contributed by atoms with E-state index in [0.717, 1.165) is 0 Å². The molecule has 1 aromatic rings. The van der Waals surface area contributed by atoms with Gasteiger partial charge in [-0.1, -0.05) is 6.07 Å². The maximum absolute atomic E-state index is 9.55. The highest BCUT2D eigenvalue weighted by molar-refractivity contribution is 7.80. The molecule has 1 aromatic heterocycles. The molecule has 0 aliphatic carbocycles. The fourth-order valence-electron chi connectivity index (χ4n) is 1.03. The molecule has 0 bridgehead atoms. The van der Waals surface area contributed by atoms with E-state index in [0.29, 0.717) is 11.3 Å². The molecule has 1 rings (SSSR count). The van der Waals surface area contributed by atoms with E-state index in [2.05, 4.69) is 17.6 Å². The Hall–Kier alpha value is -0.620. The lowest BCUT2D eigenvalue weighted by atomic mass is 10.1. The molecule has 1 heterocycles. The largest absolute Gasteiger partial charge is 0.390 e. The number of hydrogen-bond acceptors (Lipinski definition) is 5. The number of nitrogens with zero attached hydrogens (tertiary/aromatic N) is 1. The lowest BCUT2D eigenvalue weighted by molar-refractivity contribution is 0.0335. The third kappa shape index (κ3) is 2.68. The van der Waals surface area contributed by atoms with E-state index in [4.69, 9.17) is 5.11 Å². The topological polar surface area (TPSA) is 73.6 Å². The van der Waals surface area contributed by atoms with Crippen LogP contribution in [0.5, 0.6) is 0 Å². The number of hydrogen-bond donors (Lipinski definition) is 4. The van der Waals surface area contributed by atoms with Crippen molar-refractivity contribution in [3.63, 3.8) is 0 Å². The minimum Gasteiger partial charge on any atom is -0.390 e. The molecule has 0 fully saturated rings. The van der Waals surface area contributed by atoms with Crippen molar-refractivity contribution in [2.75, 3.05) is 5.75 Å². The van der Waals surface area contributed by atoms with E-state index in [1.165, 1.54) is 6.20 Å². The molecule has 0 saturated heterocycles. The Balaban J connectivity index is 2.75. The first kappa shape index (κ1) is 11.5. The Labute approximate surface area is 87.6 Å². The van der Waals surface area contributed by atoms with E-state index >= 15 is 0 Å². The van der Waals surface area contributed by atoms with Crippen LogP contribution in [-0.4, -0.2) is 32.2 Å². The molecule has 2 atom stereocenters. The van der Waals surface area contributed by atoms with E-state index in [9.17, 15) is 10.2 Å². The van der Waals surface area contributed by atoms with Crippen LogP contribution in [0, 0.1) is 0 Å². The van der Waals surface area contributed by atoms with Gasteiger partial charge in [0.2, 0.25) is 0 Å². The molecule has 4 nitrogen and oxygen atoms in total. The van der Waals surface area contributed by atoms with Crippen molar-refractivity contribution in [3.05, 3.63) is 29.6 Å². The number of pyridine rings is 1. The van der Waals surface area contributed by atoms with Crippen molar-refractivity contribution in [1.82, 2.24) is 4.98 Å². The predicted molar refractivity (Wildman–Crippen MR) is 55.0 cm³/mol. The summed E-state index contributed by atoms with van der Waals surface area (Å²) in [4.78, 5) is 3.89. The summed E-state index contributed by atoms with van der Waals surface area (Å²) in [6.07, 6.45) is -0.448. The van der Waals surface area contributed by atoms with Crippen LogP contribution < -0.4 is 0 Å². The number of thiol groups is 1. The molecule has 0 radical (unpaired) electrons.